The molecule has 3 nitrogen and oxygen atoms in total. The van der Waals surface area contributed by atoms with Crippen molar-refractivity contribution in [3.05, 3.63) is 66.9 Å². The highest BCUT2D eigenvalue weighted by molar-refractivity contribution is 6.27. The maximum Gasteiger partial charge on any atom is 0.0786 e. The summed E-state index contributed by atoms with van der Waals surface area (Å²) < 4.78 is 0. The summed E-state index contributed by atoms with van der Waals surface area (Å²) >= 11 is 0. The lowest BCUT2D eigenvalue weighted by atomic mass is 9.94. The van der Waals surface area contributed by atoms with E-state index in [1.54, 1.807) is 0 Å². The van der Waals surface area contributed by atoms with E-state index in [-0.39, 0.29) is 0 Å². The van der Waals surface area contributed by atoms with Crippen LogP contribution in [0.5, 0.6) is 0 Å². The first kappa shape index (κ1) is 13.1. The van der Waals surface area contributed by atoms with Gasteiger partial charge in [0.25, 0.3) is 0 Å². The van der Waals surface area contributed by atoms with Gasteiger partial charge in [-0.1, -0.05) is 30.3 Å². The van der Waals surface area contributed by atoms with E-state index in [0.717, 1.165) is 32.4 Å². The number of benzene rings is 4. The predicted octanol–water partition coefficient (Wildman–Crippen LogP) is 4.86. The number of nitrogens with zero attached hydrogens (tertiary/aromatic N) is 1. The van der Waals surface area contributed by atoms with Gasteiger partial charge in [0, 0.05) is 17.0 Å². The van der Waals surface area contributed by atoms with E-state index in [9.17, 15) is 0 Å². The Hall–Kier alpha value is -3.33. The summed E-state index contributed by atoms with van der Waals surface area (Å²) in [5.74, 6) is 0. The second-order valence-corrected chi connectivity index (χ2v) is 6.17. The summed E-state index contributed by atoms with van der Waals surface area (Å²) in [7, 11) is 0. The van der Waals surface area contributed by atoms with Gasteiger partial charge < -0.3 is 11.5 Å². The van der Waals surface area contributed by atoms with Crippen LogP contribution in [0, 0.1) is 0 Å². The highest BCUT2D eigenvalue weighted by Gasteiger charge is 2.12. The van der Waals surface area contributed by atoms with E-state index in [4.69, 9.17) is 11.5 Å². The fourth-order valence-electron chi connectivity index (χ4n) is 3.58. The molecule has 4 aromatic carbocycles. The van der Waals surface area contributed by atoms with Gasteiger partial charge in [-0.3, -0.25) is 4.98 Å². The smallest absolute Gasteiger partial charge is 0.0786 e. The molecule has 0 aliphatic carbocycles. The van der Waals surface area contributed by atoms with Gasteiger partial charge in [0.15, 0.2) is 0 Å². The van der Waals surface area contributed by atoms with Gasteiger partial charge in [-0.2, -0.15) is 0 Å². The quantitative estimate of drug-likeness (QED) is 0.244. The second kappa shape index (κ2) is 4.59. The van der Waals surface area contributed by atoms with Crippen LogP contribution in [0.15, 0.2) is 66.9 Å². The monoisotopic (exact) mass is 309 g/mol. The van der Waals surface area contributed by atoms with E-state index in [1.807, 2.05) is 24.4 Å². The Balaban J connectivity index is 2.15. The SMILES string of the molecule is Nc1cc2c(cc1N)c1cccnc1c1cc3ccccc3cc21. The Morgan fingerprint density at radius 3 is 1.88 bits per heavy atom. The zero-order chi connectivity index (χ0) is 16.3. The number of hydrogen-bond acceptors (Lipinski definition) is 3. The summed E-state index contributed by atoms with van der Waals surface area (Å²) in [6, 6.07) is 20.8. The largest absolute Gasteiger partial charge is 0.397 e. The van der Waals surface area contributed by atoms with Crippen molar-refractivity contribution in [2.45, 2.75) is 0 Å². The number of hydrogen-bond donors (Lipinski definition) is 2. The topological polar surface area (TPSA) is 64.9 Å². The van der Waals surface area contributed by atoms with E-state index >= 15 is 0 Å². The van der Waals surface area contributed by atoms with Crippen molar-refractivity contribution in [2.75, 3.05) is 11.5 Å². The minimum atomic E-state index is 0.604. The molecule has 114 valence electrons. The average Bonchev–Trinajstić information content (AvgIpc) is 2.62. The van der Waals surface area contributed by atoms with Crippen LogP contribution in [0.3, 0.4) is 0 Å². The summed E-state index contributed by atoms with van der Waals surface area (Å²) in [6.45, 7) is 0. The zero-order valence-corrected chi connectivity index (χ0v) is 13.0. The number of aromatic nitrogens is 1. The maximum absolute atomic E-state index is 6.09. The number of rotatable bonds is 0. The van der Waals surface area contributed by atoms with Crippen LogP contribution in [0.2, 0.25) is 0 Å². The van der Waals surface area contributed by atoms with Crippen LogP contribution in [0.25, 0.3) is 43.2 Å². The predicted molar refractivity (Wildman–Crippen MR) is 103 cm³/mol. The van der Waals surface area contributed by atoms with Crippen molar-refractivity contribution in [1.82, 2.24) is 4.98 Å². The Labute approximate surface area is 138 Å². The van der Waals surface area contributed by atoms with E-state index in [2.05, 4.69) is 47.4 Å². The van der Waals surface area contributed by atoms with Crippen LogP contribution in [0.4, 0.5) is 11.4 Å². The molecule has 0 unspecified atom stereocenters. The molecule has 0 atom stereocenters. The highest BCUT2D eigenvalue weighted by Crippen LogP contribution is 2.38. The van der Waals surface area contributed by atoms with Crippen molar-refractivity contribution < 1.29 is 0 Å². The average molecular weight is 309 g/mol. The van der Waals surface area contributed by atoms with Crippen molar-refractivity contribution >= 4 is 54.6 Å². The summed E-state index contributed by atoms with van der Waals surface area (Å²) in [5.41, 5.74) is 14.4. The molecule has 0 saturated carbocycles. The number of anilines is 2. The van der Waals surface area contributed by atoms with Crippen LogP contribution in [-0.4, -0.2) is 4.98 Å². The molecular weight excluding hydrogens is 294 g/mol. The fraction of sp³-hybridized carbons (Fsp3) is 0. The number of fused-ring (bicyclic) bond motifs is 7. The summed E-state index contributed by atoms with van der Waals surface area (Å²) in [6.07, 6.45) is 1.84. The van der Waals surface area contributed by atoms with Crippen molar-refractivity contribution in [1.29, 1.82) is 0 Å². The molecule has 1 heterocycles. The first-order chi connectivity index (χ1) is 11.7. The van der Waals surface area contributed by atoms with Gasteiger partial charge >= 0.3 is 0 Å². The molecule has 24 heavy (non-hydrogen) atoms. The lowest BCUT2D eigenvalue weighted by Gasteiger charge is -2.12. The minimum absolute atomic E-state index is 0.604. The van der Waals surface area contributed by atoms with Gasteiger partial charge in [-0.05, 0) is 57.3 Å². The Morgan fingerprint density at radius 1 is 0.583 bits per heavy atom. The summed E-state index contributed by atoms with van der Waals surface area (Å²) in [5, 5.41) is 8.01. The molecule has 0 radical (unpaired) electrons. The Bertz CT molecular complexity index is 1270. The summed E-state index contributed by atoms with van der Waals surface area (Å²) in [4.78, 5) is 4.65. The standard InChI is InChI=1S/C21H15N3/c22-19-10-16-14-6-3-7-24-21(14)18-9-13-5-2-1-4-12(13)8-15(18)17(16)11-20(19)23/h1-11H,22-23H2. The lowest BCUT2D eigenvalue weighted by Crippen LogP contribution is -1.95. The Morgan fingerprint density at radius 2 is 1.17 bits per heavy atom. The van der Waals surface area contributed by atoms with E-state index in [0.29, 0.717) is 11.4 Å². The highest BCUT2D eigenvalue weighted by atomic mass is 14.7. The second-order valence-electron chi connectivity index (χ2n) is 6.17. The molecule has 5 rings (SSSR count). The molecule has 0 aliphatic rings. The van der Waals surface area contributed by atoms with Crippen molar-refractivity contribution in [3.8, 4) is 0 Å². The zero-order valence-electron chi connectivity index (χ0n) is 13.0. The molecule has 0 bridgehead atoms. The molecule has 0 aliphatic heterocycles. The first-order valence-corrected chi connectivity index (χ1v) is 7.90. The molecule has 0 amide bonds. The van der Waals surface area contributed by atoms with Gasteiger partial charge in [-0.15, -0.1) is 0 Å². The van der Waals surface area contributed by atoms with E-state index in [1.165, 1.54) is 10.8 Å². The fourth-order valence-corrected chi connectivity index (χ4v) is 3.58. The Kier molecular flexibility index (Phi) is 2.51. The maximum atomic E-state index is 6.09. The van der Waals surface area contributed by atoms with Crippen LogP contribution in [0.1, 0.15) is 0 Å². The molecule has 0 fully saturated rings. The third-order valence-electron chi connectivity index (χ3n) is 4.75. The molecule has 3 heteroatoms. The van der Waals surface area contributed by atoms with Crippen LogP contribution < -0.4 is 11.5 Å². The molecular formula is C21H15N3. The molecule has 0 spiro atoms. The van der Waals surface area contributed by atoms with Crippen molar-refractivity contribution in [2.24, 2.45) is 0 Å². The van der Waals surface area contributed by atoms with Crippen LogP contribution in [-0.2, 0) is 0 Å². The van der Waals surface area contributed by atoms with E-state index < -0.39 is 0 Å². The number of nitrogens with two attached hydrogens (primary N) is 2. The van der Waals surface area contributed by atoms with Gasteiger partial charge in [0.2, 0.25) is 0 Å². The third-order valence-corrected chi connectivity index (χ3v) is 4.75. The molecule has 4 N–H and O–H groups in total. The van der Waals surface area contributed by atoms with Gasteiger partial charge in [0.05, 0.1) is 16.9 Å². The van der Waals surface area contributed by atoms with Crippen LogP contribution >= 0.6 is 0 Å². The normalized spacial score (nSPS) is 11.7. The first-order valence-electron chi connectivity index (χ1n) is 7.90. The molecule has 1 aromatic heterocycles. The molecule has 5 aromatic rings. The lowest BCUT2D eigenvalue weighted by molar-refractivity contribution is 1.43. The van der Waals surface area contributed by atoms with Gasteiger partial charge in [0.1, 0.15) is 0 Å². The molecule has 0 saturated heterocycles. The number of nitrogen functional groups attached to an aromatic ring is 2. The van der Waals surface area contributed by atoms with Crippen molar-refractivity contribution in [3.63, 3.8) is 0 Å². The van der Waals surface area contributed by atoms with Gasteiger partial charge in [-0.25, -0.2) is 0 Å². The third kappa shape index (κ3) is 1.69. The number of pyridine rings is 1. The minimum Gasteiger partial charge on any atom is -0.397 e.